The van der Waals surface area contributed by atoms with Crippen molar-refractivity contribution in [3.63, 3.8) is 0 Å². The number of rotatable bonds is 6. The number of ketones is 1. The number of hydrogen-bond acceptors (Lipinski definition) is 7. The fourth-order valence-electron chi connectivity index (χ4n) is 8.32. The number of methoxy groups -OCH3 is 1. The summed E-state index contributed by atoms with van der Waals surface area (Å²) in [7, 11) is 1.24. The molecule has 0 radical (unpaired) electrons. The van der Waals surface area contributed by atoms with Gasteiger partial charge >= 0.3 is 17.9 Å². The number of carbonyl (C=O) groups excluding carboxylic acids is 4. The molecule has 7 heteroatoms. The molecule has 0 aromatic rings. The van der Waals surface area contributed by atoms with Crippen LogP contribution in [0.4, 0.5) is 0 Å². The van der Waals surface area contributed by atoms with Gasteiger partial charge in [0.25, 0.3) is 0 Å². The van der Waals surface area contributed by atoms with E-state index in [2.05, 4.69) is 19.9 Å². The van der Waals surface area contributed by atoms with Gasteiger partial charge in [0.15, 0.2) is 0 Å². The second-order valence-electron chi connectivity index (χ2n) is 11.7. The Kier molecular flexibility index (Phi) is 7.18. The zero-order valence-electron chi connectivity index (χ0n) is 21.8. The average molecular weight is 489 g/mol. The van der Waals surface area contributed by atoms with E-state index in [0.29, 0.717) is 17.8 Å². The van der Waals surface area contributed by atoms with Crippen LogP contribution in [0.2, 0.25) is 0 Å². The maximum Gasteiger partial charge on any atom is 0.347 e. The van der Waals surface area contributed by atoms with Gasteiger partial charge in [-0.25, -0.2) is 4.79 Å². The molecule has 194 valence electrons. The summed E-state index contributed by atoms with van der Waals surface area (Å²) in [4.78, 5) is 48.5. The van der Waals surface area contributed by atoms with Gasteiger partial charge in [-0.15, -0.1) is 0 Å². The molecule has 0 heterocycles. The normalized spacial score (nSPS) is 38.7. The zero-order valence-corrected chi connectivity index (χ0v) is 21.8. The molecule has 35 heavy (non-hydrogen) atoms. The maximum atomic E-state index is 13.4. The molecular formula is C28H40O7. The van der Waals surface area contributed by atoms with Crippen molar-refractivity contribution in [2.45, 2.75) is 97.7 Å². The van der Waals surface area contributed by atoms with Crippen LogP contribution < -0.4 is 0 Å². The number of esters is 3. The van der Waals surface area contributed by atoms with E-state index in [0.717, 1.165) is 51.4 Å². The van der Waals surface area contributed by atoms with Crippen molar-refractivity contribution >= 4 is 23.7 Å². The minimum absolute atomic E-state index is 0.00485. The Bertz CT molecular complexity index is 922. The Morgan fingerprint density at radius 3 is 2.40 bits per heavy atom. The molecule has 0 amide bonds. The van der Waals surface area contributed by atoms with E-state index in [-0.39, 0.29) is 41.0 Å². The highest BCUT2D eigenvalue weighted by atomic mass is 16.6. The quantitative estimate of drug-likeness (QED) is 0.307. The van der Waals surface area contributed by atoms with Gasteiger partial charge in [0.2, 0.25) is 6.10 Å². The number of Topliss-reactive ketones (excluding diaryl/α,β-unsaturated/α-hetero) is 1. The van der Waals surface area contributed by atoms with E-state index in [1.807, 2.05) is 0 Å². The lowest BCUT2D eigenvalue weighted by molar-refractivity contribution is -0.166. The maximum absolute atomic E-state index is 13.4. The lowest BCUT2D eigenvalue weighted by atomic mass is 9.47. The fourth-order valence-corrected chi connectivity index (χ4v) is 8.32. The first kappa shape index (κ1) is 25.9. The number of fused-ring (bicyclic) bond motifs is 5. The third-order valence-electron chi connectivity index (χ3n) is 9.94. The van der Waals surface area contributed by atoms with Crippen LogP contribution in [0, 0.1) is 34.5 Å². The van der Waals surface area contributed by atoms with Crippen molar-refractivity contribution in [2.75, 3.05) is 7.11 Å². The van der Waals surface area contributed by atoms with Crippen LogP contribution in [0.1, 0.15) is 85.5 Å². The van der Waals surface area contributed by atoms with Crippen LogP contribution in [-0.4, -0.2) is 43.0 Å². The molecule has 0 saturated heterocycles. The third kappa shape index (κ3) is 4.67. The van der Waals surface area contributed by atoms with Crippen LogP contribution >= 0.6 is 0 Å². The van der Waals surface area contributed by atoms with Crippen molar-refractivity contribution in [3.8, 4) is 0 Å². The van der Waals surface area contributed by atoms with E-state index < -0.39 is 18.0 Å². The summed E-state index contributed by atoms with van der Waals surface area (Å²) in [5.74, 6) is -0.0244. The van der Waals surface area contributed by atoms with E-state index in [1.54, 1.807) is 0 Å². The molecular weight excluding hydrogens is 448 g/mol. The van der Waals surface area contributed by atoms with Gasteiger partial charge < -0.3 is 14.2 Å². The van der Waals surface area contributed by atoms with Gasteiger partial charge in [0.1, 0.15) is 11.9 Å². The van der Waals surface area contributed by atoms with Crippen LogP contribution in [0.15, 0.2) is 11.6 Å². The fraction of sp³-hybridized carbons (Fsp3) is 0.786. The van der Waals surface area contributed by atoms with Gasteiger partial charge in [-0.05, 0) is 73.5 Å². The van der Waals surface area contributed by atoms with E-state index >= 15 is 0 Å². The first-order valence-corrected chi connectivity index (χ1v) is 13.1. The average Bonchev–Trinajstić information content (AvgIpc) is 3.15. The van der Waals surface area contributed by atoms with E-state index in [9.17, 15) is 19.2 Å². The summed E-state index contributed by atoms with van der Waals surface area (Å²) in [5.41, 5.74) is 1.48. The number of carbonyl (C=O) groups is 4. The largest absolute Gasteiger partial charge is 0.466 e. The SMILES string of the molecule is COC(=O)C(CC(=O)[C@H]1CC[C@H]2[C@@H]3CC=C4C[C@@H](OC(C)=O)CC[C@]4(C)[C@H]3CC[C@]12C)OC(C)=O. The Morgan fingerprint density at radius 1 is 1.00 bits per heavy atom. The highest BCUT2D eigenvalue weighted by Crippen LogP contribution is 2.66. The number of hydrogen-bond donors (Lipinski definition) is 0. The lowest BCUT2D eigenvalue weighted by Gasteiger charge is -2.58. The van der Waals surface area contributed by atoms with Gasteiger partial charge in [-0.1, -0.05) is 25.5 Å². The minimum Gasteiger partial charge on any atom is -0.466 e. The van der Waals surface area contributed by atoms with Crippen molar-refractivity contribution < 1.29 is 33.4 Å². The molecule has 0 N–H and O–H groups in total. The first-order valence-electron chi connectivity index (χ1n) is 13.1. The molecule has 1 unspecified atom stereocenters. The third-order valence-corrected chi connectivity index (χ3v) is 9.94. The van der Waals surface area contributed by atoms with Crippen molar-refractivity contribution in [3.05, 3.63) is 11.6 Å². The molecule has 4 rings (SSSR count). The Hall–Kier alpha value is -2.18. The Labute approximate surface area is 208 Å². The Morgan fingerprint density at radius 2 is 1.74 bits per heavy atom. The first-order chi connectivity index (χ1) is 16.5. The topological polar surface area (TPSA) is 96.0 Å². The molecule has 0 spiro atoms. The highest BCUT2D eigenvalue weighted by molar-refractivity contribution is 5.89. The summed E-state index contributed by atoms with van der Waals surface area (Å²) in [6.07, 6.45) is 8.81. The molecule has 3 fully saturated rings. The summed E-state index contributed by atoms with van der Waals surface area (Å²) in [6.45, 7) is 7.39. The van der Waals surface area contributed by atoms with E-state index in [4.69, 9.17) is 14.2 Å². The second-order valence-corrected chi connectivity index (χ2v) is 11.7. The molecule has 7 nitrogen and oxygen atoms in total. The van der Waals surface area contributed by atoms with Crippen LogP contribution in [0.25, 0.3) is 0 Å². The van der Waals surface area contributed by atoms with Crippen molar-refractivity contribution in [1.82, 2.24) is 0 Å². The molecule has 0 bridgehead atoms. The zero-order chi connectivity index (χ0) is 25.5. The summed E-state index contributed by atoms with van der Waals surface area (Å²) < 4.78 is 15.4. The molecule has 4 aliphatic carbocycles. The minimum atomic E-state index is -1.17. The number of allylic oxidation sites excluding steroid dienone is 1. The van der Waals surface area contributed by atoms with Gasteiger partial charge in [0.05, 0.1) is 13.5 Å². The summed E-state index contributed by atoms with van der Waals surface area (Å²) in [5, 5.41) is 0. The standard InChI is InChI=1S/C28H40O7/c1-16(29)34-19-10-12-27(3)18(14-19)6-7-20-21-8-9-23(28(21,4)13-11-22(20)27)24(31)15-25(26(32)33-5)35-17(2)30/h6,19-23,25H,7-15H2,1-5H3/t19-,20-,21-,22-,23+,25?,27-,28-/m0/s1. The predicted molar refractivity (Wildman–Crippen MR) is 128 cm³/mol. The number of ether oxygens (including phenoxy) is 3. The highest BCUT2D eigenvalue weighted by Gasteiger charge is 2.60. The molecule has 8 atom stereocenters. The van der Waals surface area contributed by atoms with Gasteiger partial charge in [-0.2, -0.15) is 0 Å². The molecule has 0 aromatic heterocycles. The Balaban J connectivity index is 1.50. The van der Waals surface area contributed by atoms with Crippen molar-refractivity contribution in [1.29, 1.82) is 0 Å². The summed E-state index contributed by atoms with van der Waals surface area (Å²) >= 11 is 0. The molecule has 0 aromatic carbocycles. The molecule has 0 aliphatic heterocycles. The molecule has 3 saturated carbocycles. The lowest BCUT2D eigenvalue weighted by Crippen LogP contribution is -2.51. The summed E-state index contributed by atoms with van der Waals surface area (Å²) in [6, 6.07) is 0. The van der Waals surface area contributed by atoms with Crippen LogP contribution in [0.5, 0.6) is 0 Å². The van der Waals surface area contributed by atoms with E-state index in [1.165, 1.54) is 26.5 Å². The molecule has 4 aliphatic rings. The van der Waals surface area contributed by atoms with Gasteiger partial charge in [0, 0.05) is 26.2 Å². The van der Waals surface area contributed by atoms with Crippen molar-refractivity contribution in [2.24, 2.45) is 34.5 Å². The monoisotopic (exact) mass is 488 g/mol. The van der Waals surface area contributed by atoms with Crippen LogP contribution in [0.3, 0.4) is 0 Å². The van der Waals surface area contributed by atoms with Gasteiger partial charge in [-0.3, -0.25) is 14.4 Å². The predicted octanol–water partition coefficient (Wildman–Crippen LogP) is 4.56. The second kappa shape index (κ2) is 9.70. The smallest absolute Gasteiger partial charge is 0.347 e. The van der Waals surface area contributed by atoms with Crippen LogP contribution in [-0.2, 0) is 33.4 Å².